The van der Waals surface area contributed by atoms with Gasteiger partial charge in [0.15, 0.2) is 0 Å². The van der Waals surface area contributed by atoms with Crippen LogP contribution in [0.3, 0.4) is 0 Å². The Morgan fingerprint density at radius 1 is 1.20 bits per heavy atom. The first kappa shape index (κ1) is 11.6. The number of benzene rings is 1. The van der Waals surface area contributed by atoms with Crippen LogP contribution in [0.4, 0.5) is 5.69 Å². The molecular weight excluding hydrogens is 210 g/mol. The minimum Gasteiger partial charge on any atom is -0.399 e. The monoisotopic (exact) mass is 223 g/mol. The summed E-state index contributed by atoms with van der Waals surface area (Å²) < 4.78 is 1.70. The van der Waals surface area contributed by atoms with Crippen LogP contribution in [-0.4, -0.2) is 9.78 Å². The van der Waals surface area contributed by atoms with E-state index in [-0.39, 0.29) is 0 Å². The van der Waals surface area contributed by atoms with Gasteiger partial charge in [0.25, 0.3) is 0 Å². The molecule has 2 rings (SSSR count). The second kappa shape index (κ2) is 5.41. The molecule has 2 aromatic rings. The number of anilines is 1. The Hall–Kier alpha value is -1.48. The fourth-order valence-corrected chi connectivity index (χ4v) is 1.21. The summed E-state index contributed by atoms with van der Waals surface area (Å²) in [6.45, 7) is 4.00. The van der Waals surface area contributed by atoms with Crippen LogP contribution < -0.4 is 5.73 Å². The number of nitrogens with zero attached hydrogens (tertiary/aromatic N) is 2. The molecule has 15 heavy (non-hydrogen) atoms. The van der Waals surface area contributed by atoms with E-state index in [4.69, 9.17) is 17.3 Å². The maximum Gasteiger partial charge on any atom is 0.0790 e. The van der Waals surface area contributed by atoms with Gasteiger partial charge in [-0.3, -0.25) is 0 Å². The number of aromatic nitrogens is 2. The zero-order valence-corrected chi connectivity index (χ0v) is 9.57. The van der Waals surface area contributed by atoms with Crippen molar-refractivity contribution in [2.75, 3.05) is 5.73 Å². The van der Waals surface area contributed by atoms with Crippen molar-refractivity contribution in [3.8, 4) is 5.69 Å². The van der Waals surface area contributed by atoms with Gasteiger partial charge >= 0.3 is 0 Å². The fourth-order valence-electron chi connectivity index (χ4n) is 1.07. The molecule has 0 atom stereocenters. The van der Waals surface area contributed by atoms with E-state index in [9.17, 15) is 0 Å². The molecular formula is C11H14ClN3. The number of rotatable bonds is 1. The molecule has 0 aliphatic carbocycles. The first-order valence-electron chi connectivity index (χ1n) is 4.82. The van der Waals surface area contributed by atoms with Gasteiger partial charge in [-0.25, -0.2) is 4.68 Å². The molecule has 4 heteroatoms. The Morgan fingerprint density at radius 3 is 2.27 bits per heavy atom. The van der Waals surface area contributed by atoms with Crippen molar-refractivity contribution < 1.29 is 0 Å². The Balaban J connectivity index is 0.000000531. The highest BCUT2D eigenvalue weighted by Crippen LogP contribution is 2.12. The summed E-state index contributed by atoms with van der Waals surface area (Å²) >= 11 is 5.73. The zero-order valence-electron chi connectivity index (χ0n) is 8.81. The summed E-state index contributed by atoms with van der Waals surface area (Å²) in [4.78, 5) is 0. The third-order valence-electron chi connectivity index (χ3n) is 1.71. The van der Waals surface area contributed by atoms with Gasteiger partial charge in [-0.15, -0.1) is 0 Å². The predicted molar refractivity (Wildman–Crippen MR) is 64.3 cm³/mol. The normalized spacial score (nSPS) is 9.27. The van der Waals surface area contributed by atoms with Crippen LogP contribution >= 0.6 is 11.6 Å². The van der Waals surface area contributed by atoms with E-state index in [1.54, 1.807) is 17.1 Å². The molecule has 80 valence electrons. The van der Waals surface area contributed by atoms with Crippen LogP contribution in [0.15, 0.2) is 36.7 Å². The quantitative estimate of drug-likeness (QED) is 0.755. The topological polar surface area (TPSA) is 43.8 Å². The summed E-state index contributed by atoms with van der Waals surface area (Å²) in [6.07, 6.45) is 3.34. The first-order valence-corrected chi connectivity index (χ1v) is 5.19. The van der Waals surface area contributed by atoms with Gasteiger partial charge in [-0.2, -0.15) is 5.10 Å². The average molecular weight is 224 g/mol. The molecule has 1 heterocycles. The molecule has 1 aromatic carbocycles. The van der Waals surface area contributed by atoms with Crippen LogP contribution in [-0.2, 0) is 0 Å². The zero-order chi connectivity index (χ0) is 11.3. The third-order valence-corrected chi connectivity index (χ3v) is 1.90. The minimum absolute atomic E-state index is 0.622. The van der Waals surface area contributed by atoms with Gasteiger partial charge in [-0.05, 0) is 24.3 Å². The van der Waals surface area contributed by atoms with Crippen molar-refractivity contribution >= 4 is 17.3 Å². The van der Waals surface area contributed by atoms with Crippen molar-refractivity contribution in [1.82, 2.24) is 9.78 Å². The van der Waals surface area contributed by atoms with E-state index in [2.05, 4.69) is 5.10 Å². The highest BCUT2D eigenvalue weighted by molar-refractivity contribution is 6.30. The molecule has 0 spiro atoms. The Morgan fingerprint density at radius 2 is 1.80 bits per heavy atom. The number of halogens is 1. The van der Waals surface area contributed by atoms with Crippen molar-refractivity contribution in [1.29, 1.82) is 0 Å². The van der Waals surface area contributed by atoms with E-state index in [1.165, 1.54) is 0 Å². The molecule has 0 saturated carbocycles. The molecule has 0 amide bonds. The molecule has 2 N–H and O–H groups in total. The predicted octanol–water partition coefficient (Wildman–Crippen LogP) is 3.13. The maximum absolute atomic E-state index is 5.73. The fraction of sp³-hybridized carbons (Fsp3) is 0.182. The van der Waals surface area contributed by atoms with Crippen molar-refractivity contribution in [3.05, 3.63) is 41.7 Å². The van der Waals surface area contributed by atoms with Crippen LogP contribution in [0, 0.1) is 0 Å². The second-order valence-electron chi connectivity index (χ2n) is 2.69. The van der Waals surface area contributed by atoms with Gasteiger partial charge < -0.3 is 5.73 Å². The summed E-state index contributed by atoms with van der Waals surface area (Å²) in [6, 6.07) is 7.42. The highest BCUT2D eigenvalue weighted by atomic mass is 35.5. The molecule has 0 saturated heterocycles. The van der Waals surface area contributed by atoms with E-state index in [0.29, 0.717) is 5.02 Å². The molecule has 0 radical (unpaired) electrons. The number of hydrogen-bond acceptors (Lipinski definition) is 2. The largest absolute Gasteiger partial charge is 0.399 e. The van der Waals surface area contributed by atoms with Gasteiger partial charge in [0.05, 0.1) is 16.9 Å². The van der Waals surface area contributed by atoms with Gasteiger partial charge in [0, 0.05) is 11.9 Å². The van der Waals surface area contributed by atoms with Gasteiger partial charge in [0.2, 0.25) is 0 Å². The van der Waals surface area contributed by atoms with E-state index in [1.807, 2.05) is 38.1 Å². The molecule has 3 nitrogen and oxygen atoms in total. The maximum atomic E-state index is 5.73. The molecule has 0 bridgehead atoms. The molecule has 0 aliphatic heterocycles. The van der Waals surface area contributed by atoms with Crippen LogP contribution in [0.25, 0.3) is 5.69 Å². The summed E-state index contributed by atoms with van der Waals surface area (Å²) in [5, 5.41) is 4.68. The number of hydrogen-bond donors (Lipinski definition) is 1. The van der Waals surface area contributed by atoms with Crippen LogP contribution in [0.5, 0.6) is 0 Å². The molecule has 0 fully saturated rings. The van der Waals surface area contributed by atoms with Crippen LogP contribution in [0.2, 0.25) is 5.02 Å². The van der Waals surface area contributed by atoms with Gasteiger partial charge in [-0.1, -0.05) is 25.4 Å². The van der Waals surface area contributed by atoms with E-state index >= 15 is 0 Å². The summed E-state index contributed by atoms with van der Waals surface area (Å²) in [5.41, 5.74) is 7.24. The lowest BCUT2D eigenvalue weighted by atomic mass is 10.3. The Bertz CT molecular complexity index is 406. The first-order chi connectivity index (χ1) is 7.25. The van der Waals surface area contributed by atoms with E-state index in [0.717, 1.165) is 11.4 Å². The van der Waals surface area contributed by atoms with Gasteiger partial charge in [0.1, 0.15) is 0 Å². The van der Waals surface area contributed by atoms with E-state index < -0.39 is 0 Å². The number of nitrogens with two attached hydrogens (primary N) is 1. The Labute approximate surface area is 94.5 Å². The molecule has 0 unspecified atom stereocenters. The second-order valence-corrected chi connectivity index (χ2v) is 3.13. The smallest absolute Gasteiger partial charge is 0.0790 e. The van der Waals surface area contributed by atoms with Crippen molar-refractivity contribution in [2.24, 2.45) is 0 Å². The lowest BCUT2D eigenvalue weighted by Crippen LogP contribution is -1.94. The number of nitrogen functional groups attached to an aromatic ring is 1. The summed E-state index contributed by atoms with van der Waals surface area (Å²) in [7, 11) is 0. The minimum atomic E-state index is 0.622. The van der Waals surface area contributed by atoms with Crippen molar-refractivity contribution in [2.45, 2.75) is 13.8 Å². The molecule has 0 aliphatic rings. The lowest BCUT2D eigenvalue weighted by molar-refractivity contribution is 0.881. The summed E-state index contributed by atoms with van der Waals surface area (Å²) in [5.74, 6) is 0. The lowest BCUT2D eigenvalue weighted by Gasteiger charge is -2.00. The Kier molecular flexibility index (Phi) is 4.18. The van der Waals surface area contributed by atoms with Crippen LogP contribution in [0.1, 0.15) is 13.8 Å². The van der Waals surface area contributed by atoms with Crippen molar-refractivity contribution in [3.63, 3.8) is 0 Å². The molecule has 1 aromatic heterocycles. The highest BCUT2D eigenvalue weighted by Gasteiger charge is 1.97. The standard InChI is InChI=1S/C9H8ClN3.C2H6/c10-7-5-12-13(6-7)9-3-1-8(11)2-4-9;1-2/h1-6H,11H2;1-2H3. The average Bonchev–Trinajstić information content (AvgIpc) is 2.69. The SMILES string of the molecule is CC.Nc1ccc(-n2cc(Cl)cn2)cc1. The third kappa shape index (κ3) is 2.99.